The maximum Gasteiger partial charge on any atom is 0.225 e. The van der Waals surface area contributed by atoms with Crippen LogP contribution in [0.25, 0.3) is 0 Å². The number of amides is 1. The molecule has 0 radical (unpaired) electrons. The van der Waals surface area contributed by atoms with Crippen LogP contribution in [0.2, 0.25) is 0 Å². The van der Waals surface area contributed by atoms with Crippen molar-refractivity contribution >= 4 is 11.9 Å². The third-order valence-electron chi connectivity index (χ3n) is 3.16. The van der Waals surface area contributed by atoms with Crippen LogP contribution >= 0.6 is 0 Å². The molecule has 1 aromatic heterocycles. The van der Waals surface area contributed by atoms with Crippen molar-refractivity contribution in [2.24, 2.45) is 0 Å². The van der Waals surface area contributed by atoms with E-state index in [-0.39, 0.29) is 5.91 Å². The van der Waals surface area contributed by atoms with E-state index in [0.717, 1.165) is 12.1 Å². The maximum absolute atomic E-state index is 11.2. The highest BCUT2D eigenvalue weighted by Gasteiger charge is 2.20. The molecule has 1 fully saturated rings. The monoisotopic (exact) mass is 263 g/mol. The molecular formula is C13H21N5O. The summed E-state index contributed by atoms with van der Waals surface area (Å²) in [5.41, 5.74) is 1.09. The molecule has 0 atom stereocenters. The number of carbonyl (C=O) groups excluding carboxylic acids is 1. The van der Waals surface area contributed by atoms with Gasteiger partial charge in [0.05, 0.1) is 0 Å². The van der Waals surface area contributed by atoms with Gasteiger partial charge in [0.2, 0.25) is 11.9 Å². The average Bonchev–Trinajstić information content (AvgIpc) is 3.27. The van der Waals surface area contributed by atoms with Crippen molar-refractivity contribution in [2.45, 2.75) is 31.8 Å². The quantitative estimate of drug-likeness (QED) is 0.740. The lowest BCUT2D eigenvalue weighted by Crippen LogP contribution is -2.27. The first-order valence-electron chi connectivity index (χ1n) is 6.65. The number of anilines is 1. The number of hydrogen-bond acceptors (Lipinski definition) is 5. The van der Waals surface area contributed by atoms with Crippen LogP contribution in [0.15, 0.2) is 12.4 Å². The molecule has 6 nitrogen and oxygen atoms in total. The molecule has 0 spiro atoms. The number of nitrogens with one attached hydrogen (secondary N) is 2. The van der Waals surface area contributed by atoms with E-state index < -0.39 is 0 Å². The number of aromatic nitrogens is 2. The van der Waals surface area contributed by atoms with E-state index in [1.54, 1.807) is 7.05 Å². The summed E-state index contributed by atoms with van der Waals surface area (Å²) >= 11 is 0. The van der Waals surface area contributed by atoms with Crippen LogP contribution in [0.1, 0.15) is 24.8 Å². The second kappa shape index (κ2) is 6.47. The molecule has 1 saturated carbocycles. The largest absolute Gasteiger partial charge is 0.359 e. The van der Waals surface area contributed by atoms with Crippen LogP contribution < -0.4 is 15.5 Å². The lowest BCUT2D eigenvalue weighted by atomic mass is 10.3. The summed E-state index contributed by atoms with van der Waals surface area (Å²) < 4.78 is 0. The molecule has 0 unspecified atom stereocenters. The fourth-order valence-electron chi connectivity index (χ4n) is 1.68. The van der Waals surface area contributed by atoms with Crippen LogP contribution in [-0.4, -0.2) is 42.6 Å². The Bertz CT molecular complexity index is 416. The van der Waals surface area contributed by atoms with Gasteiger partial charge in [0.1, 0.15) is 0 Å². The van der Waals surface area contributed by atoms with Crippen molar-refractivity contribution < 1.29 is 4.79 Å². The number of hydrogen-bond donors (Lipinski definition) is 2. The Morgan fingerprint density at radius 3 is 2.68 bits per heavy atom. The van der Waals surface area contributed by atoms with Gasteiger partial charge in [0.25, 0.3) is 0 Å². The second-order valence-electron chi connectivity index (χ2n) is 4.89. The van der Waals surface area contributed by atoms with Crippen molar-refractivity contribution in [3.05, 3.63) is 18.0 Å². The zero-order valence-corrected chi connectivity index (χ0v) is 11.5. The van der Waals surface area contributed by atoms with Crippen molar-refractivity contribution in [3.63, 3.8) is 0 Å². The Labute approximate surface area is 113 Å². The molecule has 1 amide bonds. The van der Waals surface area contributed by atoms with Crippen LogP contribution in [-0.2, 0) is 11.3 Å². The van der Waals surface area contributed by atoms with Crippen molar-refractivity contribution in [2.75, 3.05) is 25.5 Å². The summed E-state index contributed by atoms with van der Waals surface area (Å²) in [6.45, 7) is 1.44. The van der Waals surface area contributed by atoms with Gasteiger partial charge in [-0.05, 0) is 12.8 Å². The average molecular weight is 263 g/mol. The first-order valence-corrected chi connectivity index (χ1v) is 6.65. The highest BCUT2D eigenvalue weighted by molar-refractivity contribution is 5.76. The Balaban J connectivity index is 1.80. The molecule has 1 aliphatic carbocycles. The fourth-order valence-corrected chi connectivity index (χ4v) is 1.68. The molecule has 2 N–H and O–H groups in total. The molecule has 0 aromatic carbocycles. The van der Waals surface area contributed by atoms with Crippen molar-refractivity contribution in [1.82, 2.24) is 20.6 Å². The first-order chi connectivity index (χ1) is 9.19. The SMILES string of the molecule is CNC(=O)CCN(C)c1ncc(CNC2CC2)cn1. The van der Waals surface area contributed by atoms with Crippen LogP contribution in [0.5, 0.6) is 0 Å². The molecule has 0 bridgehead atoms. The third kappa shape index (κ3) is 4.48. The Kier molecular flexibility index (Phi) is 4.68. The predicted molar refractivity (Wildman–Crippen MR) is 73.8 cm³/mol. The third-order valence-corrected chi connectivity index (χ3v) is 3.16. The number of carbonyl (C=O) groups is 1. The zero-order chi connectivity index (χ0) is 13.7. The van der Waals surface area contributed by atoms with Gasteiger partial charge < -0.3 is 15.5 Å². The lowest BCUT2D eigenvalue weighted by molar-refractivity contribution is -0.120. The smallest absolute Gasteiger partial charge is 0.225 e. The highest BCUT2D eigenvalue weighted by atomic mass is 16.1. The summed E-state index contributed by atoms with van der Waals surface area (Å²) in [6.07, 6.45) is 6.69. The van der Waals surface area contributed by atoms with Gasteiger partial charge >= 0.3 is 0 Å². The molecule has 6 heteroatoms. The zero-order valence-electron chi connectivity index (χ0n) is 11.5. The topological polar surface area (TPSA) is 70.2 Å². The number of rotatable bonds is 7. The van der Waals surface area contributed by atoms with Gasteiger partial charge in [-0.1, -0.05) is 0 Å². The predicted octanol–water partition coefficient (Wildman–Crippen LogP) is 0.301. The molecule has 104 valence electrons. The first kappa shape index (κ1) is 13.7. The fraction of sp³-hybridized carbons (Fsp3) is 0.615. The van der Waals surface area contributed by atoms with E-state index in [0.29, 0.717) is 25.0 Å². The minimum absolute atomic E-state index is 0.0251. The van der Waals surface area contributed by atoms with E-state index in [1.165, 1.54) is 12.8 Å². The van der Waals surface area contributed by atoms with E-state index in [1.807, 2.05) is 24.3 Å². The molecule has 1 aliphatic rings. The Morgan fingerprint density at radius 1 is 1.42 bits per heavy atom. The summed E-state index contributed by atoms with van der Waals surface area (Å²) in [5.74, 6) is 0.677. The molecule has 1 heterocycles. The highest BCUT2D eigenvalue weighted by Crippen LogP contribution is 2.19. The Morgan fingerprint density at radius 2 is 2.11 bits per heavy atom. The molecule has 2 rings (SSSR count). The standard InChI is InChI=1S/C13H21N5O/c1-14-12(19)5-6-18(2)13-16-8-10(9-17-13)7-15-11-3-4-11/h8-9,11,15H,3-7H2,1-2H3,(H,14,19). The summed E-state index contributed by atoms with van der Waals surface area (Å²) in [4.78, 5) is 21.7. The Hall–Kier alpha value is -1.69. The maximum atomic E-state index is 11.2. The van der Waals surface area contributed by atoms with Gasteiger partial charge in [-0.2, -0.15) is 0 Å². The van der Waals surface area contributed by atoms with Crippen LogP contribution in [0, 0.1) is 0 Å². The van der Waals surface area contributed by atoms with Crippen molar-refractivity contribution in [1.29, 1.82) is 0 Å². The summed E-state index contributed by atoms with van der Waals surface area (Å²) in [7, 11) is 3.53. The van der Waals surface area contributed by atoms with Gasteiger partial charge in [-0.25, -0.2) is 9.97 Å². The molecule has 19 heavy (non-hydrogen) atoms. The van der Waals surface area contributed by atoms with Gasteiger partial charge in [-0.3, -0.25) is 4.79 Å². The molecule has 0 saturated heterocycles. The van der Waals surface area contributed by atoms with E-state index in [9.17, 15) is 4.79 Å². The lowest BCUT2D eigenvalue weighted by Gasteiger charge is -2.16. The van der Waals surface area contributed by atoms with Crippen LogP contribution in [0.3, 0.4) is 0 Å². The second-order valence-corrected chi connectivity index (χ2v) is 4.89. The van der Waals surface area contributed by atoms with E-state index >= 15 is 0 Å². The van der Waals surface area contributed by atoms with E-state index in [2.05, 4.69) is 20.6 Å². The molecular weight excluding hydrogens is 242 g/mol. The van der Waals surface area contributed by atoms with E-state index in [4.69, 9.17) is 0 Å². The summed E-state index contributed by atoms with van der Waals surface area (Å²) in [5, 5.41) is 6.02. The minimum Gasteiger partial charge on any atom is -0.359 e. The van der Waals surface area contributed by atoms with Gasteiger partial charge in [0, 0.05) is 57.6 Å². The van der Waals surface area contributed by atoms with Crippen molar-refractivity contribution in [3.8, 4) is 0 Å². The minimum atomic E-state index is 0.0251. The molecule has 1 aromatic rings. The number of nitrogens with zero attached hydrogens (tertiary/aromatic N) is 3. The van der Waals surface area contributed by atoms with Crippen LogP contribution in [0.4, 0.5) is 5.95 Å². The van der Waals surface area contributed by atoms with Gasteiger partial charge in [0.15, 0.2) is 0 Å². The normalized spacial score (nSPS) is 14.2. The molecule has 0 aliphatic heterocycles. The summed E-state index contributed by atoms with van der Waals surface area (Å²) in [6, 6.07) is 0.690. The van der Waals surface area contributed by atoms with Gasteiger partial charge in [-0.15, -0.1) is 0 Å².